The van der Waals surface area contributed by atoms with Crippen molar-refractivity contribution in [2.75, 3.05) is 0 Å². The van der Waals surface area contributed by atoms with Crippen molar-refractivity contribution in [1.29, 1.82) is 0 Å². The summed E-state index contributed by atoms with van der Waals surface area (Å²) in [6.07, 6.45) is -3.97. The van der Waals surface area contributed by atoms with Crippen LogP contribution >= 0.6 is 11.6 Å². The molecule has 0 aliphatic rings. The quantitative estimate of drug-likeness (QED) is 0.619. The molecular formula is C19H14ClF4N3O. The highest BCUT2D eigenvalue weighted by atomic mass is 35.5. The summed E-state index contributed by atoms with van der Waals surface area (Å²) in [6, 6.07) is 9.89. The van der Waals surface area contributed by atoms with E-state index in [9.17, 15) is 22.4 Å². The third-order valence-electron chi connectivity index (χ3n) is 4.04. The zero-order chi connectivity index (χ0) is 20.5. The fourth-order valence-corrected chi connectivity index (χ4v) is 2.72. The van der Waals surface area contributed by atoms with Gasteiger partial charge < -0.3 is 5.32 Å². The number of aryl methyl sites for hydroxylation is 1. The van der Waals surface area contributed by atoms with Crippen LogP contribution in [0.2, 0.25) is 5.02 Å². The van der Waals surface area contributed by atoms with E-state index in [-0.39, 0.29) is 12.2 Å². The first-order chi connectivity index (χ1) is 13.2. The van der Waals surface area contributed by atoms with Crippen LogP contribution in [0.4, 0.5) is 17.6 Å². The molecule has 28 heavy (non-hydrogen) atoms. The Bertz CT molecular complexity index is 1010. The second-order valence-electron chi connectivity index (χ2n) is 6.06. The average molecular weight is 412 g/mol. The largest absolute Gasteiger partial charge is 0.434 e. The van der Waals surface area contributed by atoms with Crippen LogP contribution in [0.15, 0.2) is 48.7 Å². The van der Waals surface area contributed by atoms with E-state index in [1.165, 1.54) is 36.4 Å². The molecule has 0 fully saturated rings. The van der Waals surface area contributed by atoms with E-state index in [4.69, 9.17) is 11.6 Å². The Morgan fingerprint density at radius 2 is 1.86 bits per heavy atom. The highest BCUT2D eigenvalue weighted by Crippen LogP contribution is 2.33. The Hall–Kier alpha value is -2.87. The standard InChI is InChI=1S/C19H14ClF4N3O/c1-11-2-3-12(8-16(11)21)9-25-18(28)15-10-26-27(17(15)19(22,23)24)14-6-4-13(20)5-7-14/h2-8,10H,9H2,1H3,(H,25,28). The SMILES string of the molecule is Cc1ccc(CNC(=O)c2cnn(-c3ccc(Cl)cc3)c2C(F)(F)F)cc1F. The lowest BCUT2D eigenvalue weighted by Gasteiger charge is -2.13. The van der Waals surface area contributed by atoms with Gasteiger partial charge in [0.25, 0.3) is 5.91 Å². The maximum absolute atomic E-state index is 13.6. The van der Waals surface area contributed by atoms with Crippen molar-refractivity contribution < 1.29 is 22.4 Å². The first-order valence-corrected chi connectivity index (χ1v) is 8.49. The molecule has 0 saturated carbocycles. The lowest BCUT2D eigenvalue weighted by molar-refractivity contribution is -0.143. The Morgan fingerprint density at radius 1 is 1.18 bits per heavy atom. The van der Waals surface area contributed by atoms with E-state index in [2.05, 4.69) is 10.4 Å². The van der Waals surface area contributed by atoms with Crippen molar-refractivity contribution in [3.63, 3.8) is 0 Å². The second kappa shape index (κ2) is 7.63. The van der Waals surface area contributed by atoms with Crippen molar-refractivity contribution in [2.45, 2.75) is 19.6 Å². The fourth-order valence-electron chi connectivity index (χ4n) is 2.59. The first kappa shape index (κ1) is 19.9. The zero-order valence-electron chi connectivity index (χ0n) is 14.5. The number of nitrogens with one attached hydrogen (secondary N) is 1. The maximum atomic E-state index is 13.6. The molecular weight excluding hydrogens is 398 g/mol. The van der Waals surface area contributed by atoms with E-state index in [0.29, 0.717) is 20.8 Å². The molecule has 2 aromatic carbocycles. The number of amides is 1. The van der Waals surface area contributed by atoms with E-state index < -0.39 is 29.2 Å². The van der Waals surface area contributed by atoms with Crippen LogP contribution in [-0.2, 0) is 12.7 Å². The molecule has 9 heteroatoms. The van der Waals surface area contributed by atoms with Crippen LogP contribution in [0, 0.1) is 12.7 Å². The van der Waals surface area contributed by atoms with Gasteiger partial charge in [-0.15, -0.1) is 0 Å². The third kappa shape index (κ3) is 4.17. The van der Waals surface area contributed by atoms with E-state index in [1.807, 2.05) is 0 Å². The predicted octanol–water partition coefficient (Wildman–Crippen LogP) is 4.92. The van der Waals surface area contributed by atoms with Gasteiger partial charge in [0, 0.05) is 11.6 Å². The molecule has 146 valence electrons. The molecule has 0 saturated heterocycles. The van der Waals surface area contributed by atoms with Crippen LogP contribution in [0.1, 0.15) is 27.2 Å². The molecule has 1 heterocycles. The van der Waals surface area contributed by atoms with Gasteiger partial charge in [-0.2, -0.15) is 18.3 Å². The second-order valence-corrected chi connectivity index (χ2v) is 6.50. The highest BCUT2D eigenvalue weighted by Gasteiger charge is 2.40. The van der Waals surface area contributed by atoms with Gasteiger partial charge in [-0.05, 0) is 48.4 Å². The number of nitrogens with zero attached hydrogens (tertiary/aromatic N) is 2. The average Bonchev–Trinajstić information content (AvgIpc) is 3.09. The summed E-state index contributed by atoms with van der Waals surface area (Å²) >= 11 is 5.76. The summed E-state index contributed by atoms with van der Waals surface area (Å²) in [5, 5.41) is 6.44. The molecule has 3 rings (SSSR count). The molecule has 3 aromatic rings. The lowest BCUT2D eigenvalue weighted by Crippen LogP contribution is -2.26. The van der Waals surface area contributed by atoms with Crippen molar-refractivity contribution in [3.05, 3.63) is 81.9 Å². The molecule has 0 unspecified atom stereocenters. The van der Waals surface area contributed by atoms with Gasteiger partial charge in [0.15, 0.2) is 5.69 Å². The van der Waals surface area contributed by atoms with E-state index in [1.54, 1.807) is 13.0 Å². The number of alkyl halides is 3. The van der Waals surface area contributed by atoms with Crippen molar-refractivity contribution in [2.24, 2.45) is 0 Å². The number of carbonyl (C=O) groups is 1. The Labute approximate surface area is 162 Å². The Kier molecular flexibility index (Phi) is 5.42. The van der Waals surface area contributed by atoms with Crippen LogP contribution < -0.4 is 5.32 Å². The van der Waals surface area contributed by atoms with Gasteiger partial charge in [-0.3, -0.25) is 4.79 Å². The number of rotatable bonds is 4. The number of halogens is 5. The normalized spacial score (nSPS) is 11.5. The number of hydrogen-bond acceptors (Lipinski definition) is 2. The number of carbonyl (C=O) groups excluding carboxylic acids is 1. The molecule has 1 amide bonds. The fraction of sp³-hybridized carbons (Fsp3) is 0.158. The van der Waals surface area contributed by atoms with Crippen LogP contribution in [0.5, 0.6) is 0 Å². The monoisotopic (exact) mass is 411 g/mol. The number of hydrogen-bond donors (Lipinski definition) is 1. The Balaban J connectivity index is 1.89. The van der Waals surface area contributed by atoms with Gasteiger partial charge in [0.1, 0.15) is 5.82 Å². The molecule has 0 atom stereocenters. The minimum atomic E-state index is -4.82. The van der Waals surface area contributed by atoms with Gasteiger partial charge in [-0.25, -0.2) is 9.07 Å². The van der Waals surface area contributed by atoms with Crippen LogP contribution in [0.3, 0.4) is 0 Å². The van der Waals surface area contributed by atoms with Crippen molar-refractivity contribution in [3.8, 4) is 5.69 Å². The van der Waals surface area contributed by atoms with Gasteiger partial charge in [0.2, 0.25) is 0 Å². The first-order valence-electron chi connectivity index (χ1n) is 8.11. The third-order valence-corrected chi connectivity index (χ3v) is 4.29. The van der Waals surface area contributed by atoms with E-state index in [0.717, 1.165) is 6.20 Å². The Morgan fingerprint density at radius 3 is 2.46 bits per heavy atom. The molecule has 1 N–H and O–H groups in total. The predicted molar refractivity (Wildman–Crippen MR) is 95.9 cm³/mol. The molecule has 0 spiro atoms. The van der Waals surface area contributed by atoms with Crippen LogP contribution in [0.25, 0.3) is 5.69 Å². The smallest absolute Gasteiger partial charge is 0.348 e. The summed E-state index contributed by atoms with van der Waals surface area (Å²) in [6.45, 7) is 1.46. The highest BCUT2D eigenvalue weighted by molar-refractivity contribution is 6.30. The summed E-state index contributed by atoms with van der Waals surface area (Å²) in [7, 11) is 0. The summed E-state index contributed by atoms with van der Waals surface area (Å²) < 4.78 is 55.1. The van der Waals surface area contributed by atoms with E-state index >= 15 is 0 Å². The molecule has 1 aromatic heterocycles. The summed E-state index contributed by atoms with van der Waals surface area (Å²) in [5.74, 6) is -1.42. The summed E-state index contributed by atoms with van der Waals surface area (Å²) in [5.41, 5.74) is -0.873. The molecule has 0 aliphatic heterocycles. The van der Waals surface area contributed by atoms with Gasteiger partial charge >= 0.3 is 6.18 Å². The number of aromatic nitrogens is 2. The maximum Gasteiger partial charge on any atom is 0.434 e. The number of benzene rings is 2. The minimum absolute atomic E-state index is 0.108. The van der Waals surface area contributed by atoms with Crippen molar-refractivity contribution in [1.82, 2.24) is 15.1 Å². The van der Waals surface area contributed by atoms with Crippen molar-refractivity contribution >= 4 is 17.5 Å². The van der Waals surface area contributed by atoms with Gasteiger partial charge in [0.05, 0.1) is 17.4 Å². The van der Waals surface area contributed by atoms with Gasteiger partial charge in [-0.1, -0.05) is 23.7 Å². The van der Waals surface area contributed by atoms with Crippen LogP contribution in [-0.4, -0.2) is 15.7 Å². The minimum Gasteiger partial charge on any atom is -0.348 e. The molecule has 0 bridgehead atoms. The molecule has 4 nitrogen and oxygen atoms in total. The molecule has 0 radical (unpaired) electrons. The summed E-state index contributed by atoms with van der Waals surface area (Å²) in [4.78, 5) is 12.4. The molecule has 0 aliphatic carbocycles. The lowest BCUT2D eigenvalue weighted by atomic mass is 10.1. The topological polar surface area (TPSA) is 46.9 Å². The zero-order valence-corrected chi connectivity index (χ0v) is 15.3.